The van der Waals surface area contributed by atoms with Crippen LogP contribution in [0.3, 0.4) is 0 Å². The Bertz CT molecular complexity index is 1470. The monoisotopic (exact) mass is 503 g/mol. The van der Waals surface area contributed by atoms with Crippen LogP contribution < -0.4 is 20.7 Å². The van der Waals surface area contributed by atoms with Crippen molar-refractivity contribution in [3.8, 4) is 6.01 Å². The van der Waals surface area contributed by atoms with Crippen LogP contribution in [0.5, 0.6) is 6.01 Å². The van der Waals surface area contributed by atoms with Gasteiger partial charge in [0.25, 0.3) is 5.91 Å². The second-order valence-electron chi connectivity index (χ2n) is 9.71. The molecule has 10 heteroatoms. The maximum Gasteiger partial charge on any atom is 0.318 e. The first-order chi connectivity index (χ1) is 17.4. The number of aromatic nitrogens is 3. The zero-order chi connectivity index (χ0) is 24.8. The number of benzene rings is 1. The molecule has 1 aromatic carbocycles. The topological polar surface area (TPSA) is 104 Å². The minimum atomic E-state index is -0.0277. The number of nitrogens with zero attached hydrogens (tertiary/aromatic N) is 4. The van der Waals surface area contributed by atoms with Crippen molar-refractivity contribution in [2.75, 3.05) is 37.3 Å². The predicted octanol–water partition coefficient (Wildman–Crippen LogP) is 4.31. The number of ether oxygens (including phenoxy) is 1. The van der Waals surface area contributed by atoms with Crippen molar-refractivity contribution in [1.82, 2.24) is 25.2 Å². The summed E-state index contributed by atoms with van der Waals surface area (Å²) >= 11 is 1.51. The van der Waals surface area contributed by atoms with Gasteiger partial charge in [-0.1, -0.05) is 0 Å². The Hall–Kier alpha value is -3.50. The van der Waals surface area contributed by atoms with Crippen molar-refractivity contribution in [3.63, 3.8) is 0 Å². The van der Waals surface area contributed by atoms with Gasteiger partial charge < -0.3 is 25.6 Å². The van der Waals surface area contributed by atoms with Crippen molar-refractivity contribution in [2.45, 2.75) is 38.8 Å². The number of aryl methyl sites for hydroxylation is 1. The standard InChI is InChI=1S/C26H29N7O2S/c1-14-11-21(32-26(29-14)35-16-5-4-10-33(3)13-16)31-20-9-6-17-18(30-20)7-8-19-22(17)23-24(36-19)25(34)28-15(2)12-27-23/h6-9,11,15-16,27H,4-5,10,12-13H2,1-3H3,(H,28,34)(H,29,30,31,32)/t15-,16?/m1/s1. The second kappa shape index (κ2) is 9.18. The van der Waals surface area contributed by atoms with Gasteiger partial charge in [0.1, 0.15) is 22.6 Å². The van der Waals surface area contributed by atoms with Crippen molar-refractivity contribution in [2.24, 2.45) is 0 Å². The van der Waals surface area contributed by atoms with E-state index in [-0.39, 0.29) is 18.1 Å². The molecule has 186 valence electrons. The number of carbonyl (C=O) groups is 1. The number of pyridine rings is 1. The van der Waals surface area contributed by atoms with E-state index in [1.165, 1.54) is 11.3 Å². The summed E-state index contributed by atoms with van der Waals surface area (Å²) < 4.78 is 7.17. The largest absolute Gasteiger partial charge is 0.459 e. The van der Waals surface area contributed by atoms with E-state index in [1.54, 1.807) is 0 Å². The Morgan fingerprint density at radius 2 is 2.06 bits per heavy atom. The lowest BCUT2D eigenvalue weighted by Gasteiger charge is -2.29. The molecule has 9 nitrogen and oxygen atoms in total. The molecule has 0 spiro atoms. The molecule has 1 saturated heterocycles. The smallest absolute Gasteiger partial charge is 0.318 e. The van der Waals surface area contributed by atoms with Gasteiger partial charge in [-0.3, -0.25) is 4.79 Å². The van der Waals surface area contributed by atoms with Crippen LogP contribution in [0, 0.1) is 6.92 Å². The van der Waals surface area contributed by atoms with Crippen molar-refractivity contribution >= 4 is 55.6 Å². The fourth-order valence-corrected chi connectivity index (χ4v) is 6.05. The van der Waals surface area contributed by atoms with Crippen molar-refractivity contribution in [1.29, 1.82) is 0 Å². The normalized spacial score (nSPS) is 20.5. The molecule has 2 atom stereocenters. The van der Waals surface area contributed by atoms with Crippen LogP contribution in [0.4, 0.5) is 17.3 Å². The van der Waals surface area contributed by atoms with E-state index in [2.05, 4.69) is 43.9 Å². The molecule has 0 bridgehead atoms. The number of amides is 1. The van der Waals surface area contributed by atoms with Gasteiger partial charge in [-0.2, -0.15) is 4.98 Å². The Morgan fingerprint density at radius 3 is 2.92 bits per heavy atom. The molecule has 6 rings (SSSR count). The summed E-state index contributed by atoms with van der Waals surface area (Å²) in [5.74, 6) is 1.30. The van der Waals surface area contributed by atoms with Gasteiger partial charge in [0.2, 0.25) is 0 Å². The number of hydrogen-bond donors (Lipinski definition) is 3. The number of likely N-dealkylation sites (tertiary alicyclic amines) is 1. The lowest BCUT2D eigenvalue weighted by atomic mass is 10.1. The maximum atomic E-state index is 12.7. The van der Waals surface area contributed by atoms with Crippen LogP contribution in [0.1, 0.15) is 35.1 Å². The number of rotatable bonds is 4. The van der Waals surface area contributed by atoms with Gasteiger partial charge >= 0.3 is 6.01 Å². The van der Waals surface area contributed by atoms with Gasteiger partial charge in [0, 0.05) is 46.4 Å². The van der Waals surface area contributed by atoms with E-state index < -0.39 is 0 Å². The van der Waals surface area contributed by atoms with Crippen LogP contribution in [-0.4, -0.2) is 64.6 Å². The molecule has 1 fully saturated rings. The summed E-state index contributed by atoms with van der Waals surface area (Å²) in [5.41, 5.74) is 2.57. The highest BCUT2D eigenvalue weighted by molar-refractivity contribution is 7.21. The molecule has 5 heterocycles. The highest BCUT2D eigenvalue weighted by Gasteiger charge is 2.25. The van der Waals surface area contributed by atoms with Gasteiger partial charge in [-0.15, -0.1) is 11.3 Å². The second-order valence-corrected chi connectivity index (χ2v) is 10.8. The molecule has 3 aromatic heterocycles. The number of fused-ring (bicyclic) bond motifs is 5. The molecular weight excluding hydrogens is 474 g/mol. The summed E-state index contributed by atoms with van der Waals surface area (Å²) in [6.45, 7) is 6.59. The Morgan fingerprint density at radius 1 is 1.17 bits per heavy atom. The van der Waals surface area contributed by atoms with E-state index in [9.17, 15) is 4.79 Å². The molecule has 36 heavy (non-hydrogen) atoms. The zero-order valence-electron chi connectivity index (χ0n) is 20.6. The molecule has 1 amide bonds. The number of nitrogens with one attached hydrogen (secondary N) is 3. The first-order valence-electron chi connectivity index (χ1n) is 12.3. The average Bonchev–Trinajstić information content (AvgIpc) is 3.15. The molecule has 1 unspecified atom stereocenters. The Labute approximate surface area is 213 Å². The molecule has 0 saturated carbocycles. The number of anilines is 3. The minimum Gasteiger partial charge on any atom is -0.459 e. The third-order valence-electron chi connectivity index (χ3n) is 6.63. The van der Waals surface area contributed by atoms with E-state index in [4.69, 9.17) is 9.72 Å². The van der Waals surface area contributed by atoms with Gasteiger partial charge in [-0.25, -0.2) is 9.97 Å². The van der Waals surface area contributed by atoms with Crippen LogP contribution in [0.15, 0.2) is 30.3 Å². The Kier molecular flexibility index (Phi) is 5.85. The van der Waals surface area contributed by atoms with Crippen LogP contribution >= 0.6 is 11.3 Å². The van der Waals surface area contributed by atoms with E-state index >= 15 is 0 Å². The third kappa shape index (κ3) is 4.42. The fraction of sp³-hybridized carbons (Fsp3) is 0.385. The SMILES string of the molecule is Cc1cc(Nc2ccc3c(ccc4sc5c(c43)NC[C@@H](C)NC5=O)n2)nc(OC2CCCN(C)C2)n1. The lowest BCUT2D eigenvalue weighted by molar-refractivity contribution is 0.0947. The lowest BCUT2D eigenvalue weighted by Crippen LogP contribution is -2.38. The summed E-state index contributed by atoms with van der Waals surface area (Å²) in [6.07, 6.45) is 2.21. The zero-order valence-corrected chi connectivity index (χ0v) is 21.4. The highest BCUT2D eigenvalue weighted by atomic mass is 32.1. The third-order valence-corrected chi connectivity index (χ3v) is 7.79. The first-order valence-corrected chi connectivity index (χ1v) is 13.1. The fourth-order valence-electron chi connectivity index (χ4n) is 4.95. The van der Waals surface area contributed by atoms with E-state index in [0.29, 0.717) is 24.2 Å². The molecule has 2 aliphatic rings. The number of piperidine rings is 1. The molecule has 0 aliphatic carbocycles. The van der Waals surface area contributed by atoms with Gasteiger partial charge in [-0.05, 0) is 64.5 Å². The summed E-state index contributed by atoms with van der Waals surface area (Å²) in [4.78, 5) is 29.6. The number of thiophene rings is 1. The summed E-state index contributed by atoms with van der Waals surface area (Å²) in [7, 11) is 2.11. The molecule has 0 radical (unpaired) electrons. The van der Waals surface area contributed by atoms with Gasteiger partial charge in [0.05, 0.1) is 11.2 Å². The number of likely N-dealkylation sites (N-methyl/N-ethyl adjacent to an activating group) is 1. The van der Waals surface area contributed by atoms with Crippen LogP contribution in [-0.2, 0) is 0 Å². The number of carbonyl (C=O) groups excluding carboxylic acids is 1. The number of hydrogen-bond acceptors (Lipinski definition) is 9. The molecule has 4 aromatic rings. The average molecular weight is 504 g/mol. The van der Waals surface area contributed by atoms with E-state index in [0.717, 1.165) is 63.2 Å². The molecule has 3 N–H and O–H groups in total. The first kappa shape index (κ1) is 22.9. The van der Waals surface area contributed by atoms with Crippen LogP contribution in [0.25, 0.3) is 21.0 Å². The predicted molar refractivity (Wildman–Crippen MR) is 144 cm³/mol. The Balaban J connectivity index is 1.30. The minimum absolute atomic E-state index is 0.0277. The highest BCUT2D eigenvalue weighted by Crippen LogP contribution is 2.41. The summed E-state index contributed by atoms with van der Waals surface area (Å²) in [6, 6.07) is 10.4. The molecular formula is C26H29N7O2S. The quantitative estimate of drug-likeness (QED) is 0.379. The van der Waals surface area contributed by atoms with Crippen LogP contribution in [0.2, 0.25) is 0 Å². The van der Waals surface area contributed by atoms with Gasteiger partial charge in [0.15, 0.2) is 0 Å². The van der Waals surface area contributed by atoms with Crippen molar-refractivity contribution in [3.05, 3.63) is 40.9 Å². The maximum absolute atomic E-state index is 12.7. The summed E-state index contributed by atoms with van der Waals surface area (Å²) in [5, 5.41) is 11.9. The molecule has 2 aliphatic heterocycles. The van der Waals surface area contributed by atoms with E-state index in [1.807, 2.05) is 38.1 Å². The van der Waals surface area contributed by atoms with Crippen molar-refractivity contribution < 1.29 is 9.53 Å².